The zero-order valence-electron chi connectivity index (χ0n) is 10.9. The second kappa shape index (κ2) is 6.36. The van der Waals surface area contributed by atoms with Crippen LogP contribution in [-0.2, 0) is 0 Å². The van der Waals surface area contributed by atoms with Gasteiger partial charge in [0, 0.05) is 6.04 Å². The molecule has 0 bridgehead atoms. The van der Waals surface area contributed by atoms with Crippen LogP contribution in [0, 0.1) is 17.7 Å². The van der Waals surface area contributed by atoms with Crippen LogP contribution in [0.5, 0.6) is 0 Å². The Labute approximate surface area is 108 Å². The van der Waals surface area contributed by atoms with Gasteiger partial charge in [-0.15, -0.1) is 0 Å². The molecule has 2 unspecified atom stereocenters. The zero-order valence-corrected chi connectivity index (χ0v) is 11.7. The quantitative estimate of drug-likeness (QED) is 0.823. The summed E-state index contributed by atoms with van der Waals surface area (Å²) in [5.41, 5.74) is 0.849. The molecule has 1 N–H and O–H groups in total. The largest absolute Gasteiger partial charge is 0.313 e. The Morgan fingerprint density at radius 1 is 1.29 bits per heavy atom. The molecule has 0 aliphatic rings. The molecule has 0 aromatic heterocycles. The molecule has 1 rings (SSSR count). The Morgan fingerprint density at radius 3 is 2.47 bits per heavy atom. The molecular weight excluding hydrogens is 237 g/mol. The van der Waals surface area contributed by atoms with Crippen molar-refractivity contribution in [1.82, 2.24) is 5.32 Å². The van der Waals surface area contributed by atoms with Crippen LogP contribution in [0.2, 0.25) is 5.02 Å². The number of benzene rings is 1. The van der Waals surface area contributed by atoms with E-state index in [-0.39, 0.29) is 16.9 Å². The van der Waals surface area contributed by atoms with Gasteiger partial charge in [0.2, 0.25) is 0 Å². The Bertz CT molecular complexity index is 365. The molecule has 0 amide bonds. The van der Waals surface area contributed by atoms with Gasteiger partial charge in [-0.05, 0) is 36.9 Å². The van der Waals surface area contributed by atoms with E-state index in [1.165, 1.54) is 6.07 Å². The first-order valence-corrected chi connectivity index (χ1v) is 6.46. The van der Waals surface area contributed by atoms with E-state index in [1.807, 2.05) is 13.1 Å². The summed E-state index contributed by atoms with van der Waals surface area (Å²) in [7, 11) is 1.89. The van der Waals surface area contributed by atoms with E-state index in [2.05, 4.69) is 26.1 Å². The lowest BCUT2D eigenvalue weighted by atomic mass is 9.88. The molecule has 1 aromatic rings. The minimum absolute atomic E-state index is 0.0978. The Morgan fingerprint density at radius 2 is 1.94 bits per heavy atom. The lowest BCUT2D eigenvalue weighted by molar-refractivity contribution is 0.342. The average molecular weight is 258 g/mol. The van der Waals surface area contributed by atoms with E-state index in [0.717, 1.165) is 12.0 Å². The van der Waals surface area contributed by atoms with Crippen molar-refractivity contribution in [2.45, 2.75) is 33.2 Å². The maximum absolute atomic E-state index is 13.4. The van der Waals surface area contributed by atoms with Crippen LogP contribution in [0.15, 0.2) is 18.2 Å². The molecule has 1 nitrogen and oxygen atoms in total. The summed E-state index contributed by atoms with van der Waals surface area (Å²) in [6.07, 6.45) is 1.08. The van der Waals surface area contributed by atoms with Crippen LogP contribution in [0.3, 0.4) is 0 Å². The average Bonchev–Trinajstić information content (AvgIpc) is 2.24. The monoisotopic (exact) mass is 257 g/mol. The summed E-state index contributed by atoms with van der Waals surface area (Å²) in [6.45, 7) is 6.55. The molecule has 0 spiro atoms. The SMILES string of the molecule is CNC(c1cccc(F)c1Cl)C(C)CC(C)C. The van der Waals surface area contributed by atoms with Crippen molar-refractivity contribution >= 4 is 11.6 Å². The van der Waals surface area contributed by atoms with Crippen molar-refractivity contribution in [1.29, 1.82) is 0 Å². The lowest BCUT2D eigenvalue weighted by Gasteiger charge is -2.26. The van der Waals surface area contributed by atoms with Crippen LogP contribution in [0.1, 0.15) is 38.8 Å². The van der Waals surface area contributed by atoms with E-state index in [4.69, 9.17) is 11.6 Å². The van der Waals surface area contributed by atoms with Crippen LogP contribution in [0.4, 0.5) is 4.39 Å². The van der Waals surface area contributed by atoms with Gasteiger partial charge in [-0.2, -0.15) is 0 Å². The van der Waals surface area contributed by atoms with Gasteiger partial charge in [0.05, 0.1) is 5.02 Å². The predicted molar refractivity (Wildman–Crippen MR) is 71.8 cm³/mol. The fourth-order valence-electron chi connectivity index (χ4n) is 2.39. The van der Waals surface area contributed by atoms with E-state index in [1.54, 1.807) is 6.07 Å². The minimum atomic E-state index is -0.346. The smallest absolute Gasteiger partial charge is 0.142 e. The molecular formula is C14H21ClFN. The molecule has 2 atom stereocenters. The molecule has 0 saturated heterocycles. The Balaban J connectivity index is 2.97. The summed E-state index contributed by atoms with van der Waals surface area (Å²) in [6, 6.07) is 5.10. The second-order valence-electron chi connectivity index (χ2n) is 5.02. The number of hydrogen-bond donors (Lipinski definition) is 1. The van der Waals surface area contributed by atoms with Crippen molar-refractivity contribution in [3.63, 3.8) is 0 Å². The van der Waals surface area contributed by atoms with Crippen molar-refractivity contribution in [2.24, 2.45) is 11.8 Å². The Hall–Kier alpha value is -0.600. The number of nitrogens with one attached hydrogen (secondary N) is 1. The first kappa shape index (κ1) is 14.5. The van der Waals surface area contributed by atoms with Crippen molar-refractivity contribution in [2.75, 3.05) is 7.05 Å². The van der Waals surface area contributed by atoms with Crippen molar-refractivity contribution in [3.8, 4) is 0 Å². The van der Waals surface area contributed by atoms with Crippen molar-refractivity contribution in [3.05, 3.63) is 34.6 Å². The fraction of sp³-hybridized carbons (Fsp3) is 0.571. The first-order chi connectivity index (χ1) is 7.97. The molecule has 0 saturated carbocycles. The molecule has 0 heterocycles. The van der Waals surface area contributed by atoms with Crippen LogP contribution >= 0.6 is 11.6 Å². The minimum Gasteiger partial charge on any atom is -0.313 e. The lowest BCUT2D eigenvalue weighted by Crippen LogP contribution is -2.25. The Kier molecular flexibility index (Phi) is 5.41. The van der Waals surface area contributed by atoms with E-state index in [0.29, 0.717) is 11.8 Å². The molecule has 17 heavy (non-hydrogen) atoms. The van der Waals surface area contributed by atoms with E-state index in [9.17, 15) is 4.39 Å². The van der Waals surface area contributed by atoms with Gasteiger partial charge < -0.3 is 5.32 Å². The third-order valence-electron chi connectivity index (χ3n) is 3.04. The highest BCUT2D eigenvalue weighted by Gasteiger charge is 2.21. The van der Waals surface area contributed by atoms with Crippen LogP contribution in [-0.4, -0.2) is 7.05 Å². The van der Waals surface area contributed by atoms with Gasteiger partial charge in [-0.25, -0.2) is 4.39 Å². The molecule has 3 heteroatoms. The molecule has 0 aliphatic heterocycles. The summed E-state index contributed by atoms with van der Waals surface area (Å²) in [4.78, 5) is 0. The third-order valence-corrected chi connectivity index (χ3v) is 3.44. The summed E-state index contributed by atoms with van der Waals surface area (Å²) < 4.78 is 13.4. The first-order valence-electron chi connectivity index (χ1n) is 6.08. The van der Waals surface area contributed by atoms with Gasteiger partial charge in [0.15, 0.2) is 0 Å². The van der Waals surface area contributed by atoms with E-state index >= 15 is 0 Å². The van der Waals surface area contributed by atoms with Gasteiger partial charge >= 0.3 is 0 Å². The molecule has 0 aliphatic carbocycles. The summed E-state index contributed by atoms with van der Waals surface area (Å²) in [5.74, 6) is 0.689. The van der Waals surface area contributed by atoms with Gasteiger partial charge in [-0.3, -0.25) is 0 Å². The van der Waals surface area contributed by atoms with Gasteiger partial charge in [0.25, 0.3) is 0 Å². The van der Waals surface area contributed by atoms with E-state index < -0.39 is 0 Å². The summed E-state index contributed by atoms with van der Waals surface area (Å²) >= 11 is 6.03. The molecule has 1 aromatic carbocycles. The van der Waals surface area contributed by atoms with Gasteiger partial charge in [-0.1, -0.05) is 44.5 Å². The van der Waals surface area contributed by atoms with Crippen molar-refractivity contribution < 1.29 is 4.39 Å². The fourth-order valence-corrected chi connectivity index (χ4v) is 2.63. The highest BCUT2D eigenvalue weighted by Crippen LogP contribution is 2.32. The molecule has 0 radical (unpaired) electrons. The van der Waals surface area contributed by atoms with Gasteiger partial charge in [0.1, 0.15) is 5.82 Å². The second-order valence-corrected chi connectivity index (χ2v) is 5.39. The zero-order chi connectivity index (χ0) is 13.0. The summed E-state index contributed by atoms with van der Waals surface area (Å²) in [5, 5.41) is 3.48. The highest BCUT2D eigenvalue weighted by atomic mass is 35.5. The number of rotatable bonds is 5. The standard InChI is InChI=1S/C14H21ClFN/c1-9(2)8-10(3)14(17-4)11-6-5-7-12(16)13(11)15/h5-7,9-10,14,17H,8H2,1-4H3. The maximum atomic E-state index is 13.4. The predicted octanol–water partition coefficient (Wildman–Crippen LogP) is 4.42. The highest BCUT2D eigenvalue weighted by molar-refractivity contribution is 6.31. The number of hydrogen-bond acceptors (Lipinski definition) is 1. The van der Waals surface area contributed by atoms with Crippen LogP contribution in [0.25, 0.3) is 0 Å². The maximum Gasteiger partial charge on any atom is 0.142 e. The number of halogens is 2. The molecule has 0 fully saturated rings. The normalized spacial score (nSPS) is 15.0. The molecule has 96 valence electrons. The topological polar surface area (TPSA) is 12.0 Å². The van der Waals surface area contributed by atoms with Crippen LogP contribution < -0.4 is 5.32 Å². The third kappa shape index (κ3) is 3.68.